The summed E-state index contributed by atoms with van der Waals surface area (Å²) in [7, 11) is -4.06. The van der Waals surface area contributed by atoms with Crippen LogP contribution in [-0.4, -0.2) is 30.9 Å². The van der Waals surface area contributed by atoms with Gasteiger partial charge in [0.05, 0.1) is 17.5 Å². The highest BCUT2D eigenvalue weighted by atomic mass is 32.2. The van der Waals surface area contributed by atoms with Crippen LogP contribution in [0.5, 0.6) is 5.88 Å². The SMILES string of the molecule is CCOC(=O)n1nc(OS(=O)(=O)c2ccccc2)c2ccccc21. The minimum atomic E-state index is -4.06. The highest BCUT2D eigenvalue weighted by Crippen LogP contribution is 2.27. The van der Waals surface area contributed by atoms with Gasteiger partial charge in [-0.2, -0.15) is 13.1 Å². The number of hydrogen-bond acceptors (Lipinski definition) is 6. The van der Waals surface area contributed by atoms with Gasteiger partial charge < -0.3 is 8.92 Å². The summed E-state index contributed by atoms with van der Waals surface area (Å²) in [5.41, 5.74) is 0.397. The van der Waals surface area contributed by atoms with Gasteiger partial charge in [0.25, 0.3) is 5.88 Å². The maximum absolute atomic E-state index is 12.4. The standard InChI is InChI=1S/C16H14N2O5S/c1-2-22-16(19)18-14-11-7-6-10-13(14)15(17-18)23-24(20,21)12-8-4-3-5-9-12/h3-11H,2H2,1H3. The zero-order valence-corrected chi connectivity index (χ0v) is 13.6. The van der Waals surface area contributed by atoms with Crippen LogP contribution in [0.25, 0.3) is 10.9 Å². The first-order valence-electron chi connectivity index (χ1n) is 7.17. The molecular formula is C16H14N2O5S. The number of carbonyl (C=O) groups is 1. The minimum absolute atomic E-state index is 0.000217. The highest BCUT2D eigenvalue weighted by molar-refractivity contribution is 7.87. The summed E-state index contributed by atoms with van der Waals surface area (Å²) in [6, 6.07) is 14.4. The zero-order valence-electron chi connectivity index (χ0n) is 12.7. The van der Waals surface area contributed by atoms with Crippen molar-refractivity contribution in [2.45, 2.75) is 11.8 Å². The van der Waals surface area contributed by atoms with E-state index in [0.29, 0.717) is 10.9 Å². The fourth-order valence-corrected chi connectivity index (χ4v) is 3.08. The Labute approximate surface area is 138 Å². The minimum Gasteiger partial charge on any atom is -0.448 e. The third kappa shape index (κ3) is 2.95. The number of rotatable bonds is 4. The lowest BCUT2D eigenvalue weighted by Gasteiger charge is -2.04. The van der Waals surface area contributed by atoms with Crippen LogP contribution in [0, 0.1) is 0 Å². The molecule has 7 nitrogen and oxygen atoms in total. The molecule has 0 spiro atoms. The number of para-hydroxylation sites is 1. The van der Waals surface area contributed by atoms with Crippen LogP contribution in [0.15, 0.2) is 59.5 Å². The molecule has 3 aromatic rings. The monoisotopic (exact) mass is 346 g/mol. The van der Waals surface area contributed by atoms with E-state index in [1.807, 2.05) is 0 Å². The Bertz CT molecular complexity index is 980. The Morgan fingerprint density at radius 2 is 1.75 bits per heavy atom. The smallest absolute Gasteiger partial charge is 0.435 e. The number of nitrogens with zero attached hydrogens (tertiary/aromatic N) is 2. The molecule has 8 heteroatoms. The predicted octanol–water partition coefficient (Wildman–Crippen LogP) is 2.81. The van der Waals surface area contributed by atoms with E-state index in [1.165, 1.54) is 12.1 Å². The van der Waals surface area contributed by atoms with E-state index in [2.05, 4.69) is 5.10 Å². The predicted molar refractivity (Wildman–Crippen MR) is 86.4 cm³/mol. The molecule has 0 aliphatic heterocycles. The molecule has 0 aliphatic carbocycles. The third-order valence-electron chi connectivity index (χ3n) is 3.21. The number of fused-ring (bicyclic) bond motifs is 1. The van der Waals surface area contributed by atoms with Crippen molar-refractivity contribution in [1.29, 1.82) is 0 Å². The Kier molecular flexibility index (Phi) is 4.22. The van der Waals surface area contributed by atoms with E-state index in [0.717, 1.165) is 4.68 Å². The van der Waals surface area contributed by atoms with E-state index in [1.54, 1.807) is 49.4 Å². The van der Waals surface area contributed by atoms with E-state index < -0.39 is 16.2 Å². The lowest BCUT2D eigenvalue weighted by molar-refractivity contribution is 0.151. The van der Waals surface area contributed by atoms with Gasteiger partial charge in [-0.15, -0.1) is 5.10 Å². The van der Waals surface area contributed by atoms with Crippen molar-refractivity contribution in [3.05, 3.63) is 54.6 Å². The molecule has 0 atom stereocenters. The molecule has 24 heavy (non-hydrogen) atoms. The summed E-state index contributed by atoms with van der Waals surface area (Å²) in [5.74, 6) is -0.178. The number of carbonyl (C=O) groups excluding carboxylic acids is 1. The van der Waals surface area contributed by atoms with Crippen molar-refractivity contribution in [3.63, 3.8) is 0 Å². The quantitative estimate of drug-likeness (QED) is 0.675. The molecule has 0 saturated carbocycles. The molecule has 124 valence electrons. The van der Waals surface area contributed by atoms with Crippen LogP contribution in [0.4, 0.5) is 4.79 Å². The second-order valence-corrected chi connectivity index (χ2v) is 6.33. The summed E-state index contributed by atoms with van der Waals surface area (Å²) < 4.78 is 35.8. The van der Waals surface area contributed by atoms with Crippen LogP contribution in [0.1, 0.15) is 6.92 Å². The Hall–Kier alpha value is -2.87. The molecule has 1 heterocycles. The van der Waals surface area contributed by atoms with Gasteiger partial charge in [0.1, 0.15) is 4.90 Å². The first-order chi connectivity index (χ1) is 11.5. The molecule has 0 saturated heterocycles. The number of aromatic nitrogens is 2. The van der Waals surface area contributed by atoms with Gasteiger partial charge >= 0.3 is 16.2 Å². The van der Waals surface area contributed by atoms with Crippen molar-refractivity contribution in [1.82, 2.24) is 9.78 Å². The van der Waals surface area contributed by atoms with E-state index in [-0.39, 0.29) is 17.4 Å². The second-order valence-electron chi connectivity index (χ2n) is 4.78. The zero-order chi connectivity index (χ0) is 17.2. The van der Waals surface area contributed by atoms with Crippen LogP contribution < -0.4 is 4.18 Å². The summed E-state index contributed by atoms with van der Waals surface area (Å²) in [6.45, 7) is 1.84. The lowest BCUT2D eigenvalue weighted by Crippen LogP contribution is -2.15. The summed E-state index contributed by atoms with van der Waals surface area (Å²) in [6.07, 6.45) is -0.708. The summed E-state index contributed by atoms with van der Waals surface area (Å²) in [4.78, 5) is 12.0. The van der Waals surface area contributed by atoms with Crippen molar-refractivity contribution in [3.8, 4) is 5.88 Å². The maximum Gasteiger partial charge on any atom is 0.435 e. The number of hydrogen-bond donors (Lipinski definition) is 0. The van der Waals surface area contributed by atoms with Crippen molar-refractivity contribution >= 4 is 27.1 Å². The maximum atomic E-state index is 12.4. The Morgan fingerprint density at radius 3 is 2.46 bits per heavy atom. The van der Waals surface area contributed by atoms with Crippen molar-refractivity contribution in [2.24, 2.45) is 0 Å². The summed E-state index contributed by atoms with van der Waals surface area (Å²) >= 11 is 0. The van der Waals surface area contributed by atoms with Crippen molar-refractivity contribution < 1.29 is 22.1 Å². The molecule has 0 N–H and O–H groups in total. The van der Waals surface area contributed by atoms with Gasteiger partial charge in [-0.1, -0.05) is 30.3 Å². The van der Waals surface area contributed by atoms with Crippen LogP contribution in [0.3, 0.4) is 0 Å². The number of ether oxygens (including phenoxy) is 1. The Morgan fingerprint density at radius 1 is 1.08 bits per heavy atom. The number of benzene rings is 2. The van der Waals surface area contributed by atoms with Gasteiger partial charge in [0.2, 0.25) is 0 Å². The van der Waals surface area contributed by atoms with Crippen LogP contribution in [-0.2, 0) is 14.9 Å². The highest BCUT2D eigenvalue weighted by Gasteiger charge is 2.23. The molecule has 2 aromatic carbocycles. The van der Waals surface area contributed by atoms with E-state index >= 15 is 0 Å². The molecule has 3 rings (SSSR count). The fraction of sp³-hybridized carbons (Fsp3) is 0.125. The lowest BCUT2D eigenvalue weighted by atomic mass is 10.2. The van der Waals surface area contributed by atoms with Crippen LogP contribution >= 0.6 is 0 Å². The largest absolute Gasteiger partial charge is 0.448 e. The molecule has 0 unspecified atom stereocenters. The van der Waals surface area contributed by atoms with Crippen LogP contribution in [0.2, 0.25) is 0 Å². The normalized spacial score (nSPS) is 11.4. The molecular weight excluding hydrogens is 332 g/mol. The van der Waals surface area contributed by atoms with Gasteiger partial charge in [-0.25, -0.2) is 4.79 Å². The van der Waals surface area contributed by atoms with E-state index in [9.17, 15) is 13.2 Å². The molecule has 0 aliphatic rings. The Balaban J connectivity index is 2.06. The molecule has 0 amide bonds. The molecule has 0 bridgehead atoms. The third-order valence-corrected chi connectivity index (χ3v) is 4.44. The van der Waals surface area contributed by atoms with Gasteiger partial charge in [0.15, 0.2) is 0 Å². The van der Waals surface area contributed by atoms with Gasteiger partial charge in [-0.3, -0.25) is 0 Å². The first-order valence-corrected chi connectivity index (χ1v) is 8.58. The molecule has 0 fully saturated rings. The average Bonchev–Trinajstić information content (AvgIpc) is 2.94. The average molecular weight is 346 g/mol. The molecule has 1 aromatic heterocycles. The van der Waals surface area contributed by atoms with Gasteiger partial charge in [-0.05, 0) is 31.2 Å². The van der Waals surface area contributed by atoms with E-state index in [4.69, 9.17) is 8.92 Å². The topological polar surface area (TPSA) is 87.5 Å². The first kappa shape index (κ1) is 16.0. The fourth-order valence-electron chi connectivity index (χ4n) is 2.16. The van der Waals surface area contributed by atoms with Gasteiger partial charge in [0, 0.05) is 0 Å². The second kappa shape index (κ2) is 6.32. The molecule has 0 radical (unpaired) electrons. The van der Waals surface area contributed by atoms with Crippen molar-refractivity contribution in [2.75, 3.05) is 6.61 Å². The summed E-state index contributed by atoms with van der Waals surface area (Å²) in [5, 5.41) is 4.35.